The average molecular weight is 369 g/mol. The van der Waals surface area contributed by atoms with Crippen LogP contribution in [0.4, 0.5) is 5.69 Å². The fraction of sp³-hybridized carbons (Fsp3) is 0. The van der Waals surface area contributed by atoms with Gasteiger partial charge in [-0.25, -0.2) is 0 Å². The van der Waals surface area contributed by atoms with Gasteiger partial charge >= 0.3 is 0 Å². The Morgan fingerprint density at radius 3 is 2.16 bits per heavy atom. The molecule has 25 heavy (non-hydrogen) atoms. The van der Waals surface area contributed by atoms with Gasteiger partial charge in [-0.2, -0.15) is 0 Å². The Kier molecular flexibility index (Phi) is 4.88. The highest BCUT2D eigenvalue weighted by atomic mass is 35.5. The summed E-state index contributed by atoms with van der Waals surface area (Å²) >= 11 is 12.0. The number of nitrogens with two attached hydrogens (primary N) is 1. The molecule has 0 fully saturated rings. The number of ketones is 1. The van der Waals surface area contributed by atoms with Crippen molar-refractivity contribution in [2.45, 2.75) is 0 Å². The largest absolute Gasteiger partial charge is 0.398 e. The molecule has 0 saturated heterocycles. The Bertz CT molecular complexity index is 969. The van der Waals surface area contributed by atoms with Crippen LogP contribution >= 0.6 is 23.2 Å². The first-order chi connectivity index (χ1) is 12.0. The minimum Gasteiger partial charge on any atom is -0.398 e. The molecule has 0 aliphatic carbocycles. The van der Waals surface area contributed by atoms with Crippen molar-refractivity contribution in [3.63, 3.8) is 0 Å². The Balaban J connectivity index is 2.00. The fourth-order valence-corrected chi connectivity index (χ4v) is 2.78. The number of nitrogen functional groups attached to an aromatic ring is 1. The third-order valence-electron chi connectivity index (χ3n) is 3.83. The van der Waals surface area contributed by atoms with E-state index >= 15 is 0 Å². The topological polar surface area (TPSA) is 66.9 Å². The summed E-state index contributed by atoms with van der Waals surface area (Å²) < 4.78 is 0. The maximum absolute atomic E-state index is 12.6. The average Bonchev–Trinajstić information content (AvgIpc) is 2.64. The lowest BCUT2D eigenvalue weighted by molar-refractivity contribution is 0.103. The predicted molar refractivity (Wildman–Crippen MR) is 103 cm³/mol. The number of halogens is 2. The van der Waals surface area contributed by atoms with Crippen LogP contribution in [-0.2, 0) is 0 Å². The summed E-state index contributed by atoms with van der Waals surface area (Å²) in [5, 5.41) is 9.20. The van der Waals surface area contributed by atoms with Crippen molar-refractivity contribution in [3.05, 3.63) is 99.0 Å². The number of carbonyl (C=O) groups excluding carboxylic acids is 1. The second-order valence-electron chi connectivity index (χ2n) is 5.50. The number of nitrogens with one attached hydrogen (secondary N) is 1. The molecule has 0 radical (unpaired) electrons. The lowest BCUT2D eigenvalue weighted by atomic mass is 9.95. The van der Waals surface area contributed by atoms with Gasteiger partial charge in [0.1, 0.15) is 0 Å². The van der Waals surface area contributed by atoms with Crippen molar-refractivity contribution < 1.29 is 4.79 Å². The minimum absolute atomic E-state index is 0.121. The molecule has 3 aromatic carbocycles. The molecule has 0 aromatic heterocycles. The fourth-order valence-electron chi connectivity index (χ4n) is 2.48. The van der Waals surface area contributed by atoms with Crippen LogP contribution in [0.25, 0.3) is 0 Å². The first kappa shape index (κ1) is 17.2. The molecule has 0 saturated carbocycles. The van der Waals surface area contributed by atoms with Gasteiger partial charge in [0.15, 0.2) is 5.78 Å². The summed E-state index contributed by atoms with van der Waals surface area (Å²) in [6.07, 6.45) is 0. The van der Waals surface area contributed by atoms with Gasteiger partial charge in [-0.05, 0) is 30.3 Å². The molecule has 0 amide bonds. The van der Waals surface area contributed by atoms with Crippen LogP contribution in [0, 0.1) is 5.41 Å². The summed E-state index contributed by atoms with van der Waals surface area (Å²) in [7, 11) is 0. The Morgan fingerprint density at radius 1 is 0.800 bits per heavy atom. The normalized spacial score (nSPS) is 10.5. The van der Waals surface area contributed by atoms with Crippen LogP contribution in [-0.4, -0.2) is 11.5 Å². The Hall–Kier alpha value is -2.62. The maximum atomic E-state index is 12.6. The van der Waals surface area contributed by atoms with Gasteiger partial charge in [-0.15, -0.1) is 0 Å². The summed E-state index contributed by atoms with van der Waals surface area (Å²) in [5.41, 5.74) is 8.72. The van der Waals surface area contributed by atoms with E-state index in [1.807, 2.05) is 18.2 Å². The summed E-state index contributed by atoms with van der Waals surface area (Å²) in [5.74, 6) is -0.121. The quantitative estimate of drug-likeness (QED) is 0.376. The lowest BCUT2D eigenvalue weighted by Gasteiger charge is -2.11. The Morgan fingerprint density at radius 2 is 1.48 bits per heavy atom. The monoisotopic (exact) mass is 368 g/mol. The molecule has 3 aromatic rings. The van der Waals surface area contributed by atoms with Gasteiger partial charge in [0, 0.05) is 27.9 Å². The van der Waals surface area contributed by atoms with Crippen molar-refractivity contribution in [1.82, 2.24) is 0 Å². The van der Waals surface area contributed by atoms with Gasteiger partial charge < -0.3 is 5.73 Å². The summed E-state index contributed by atoms with van der Waals surface area (Å²) in [6, 6.07) is 18.8. The van der Waals surface area contributed by atoms with Gasteiger partial charge in [-0.1, -0.05) is 59.6 Å². The van der Waals surface area contributed by atoms with Gasteiger partial charge in [0.25, 0.3) is 0 Å². The highest BCUT2D eigenvalue weighted by Crippen LogP contribution is 2.26. The highest BCUT2D eigenvalue weighted by Gasteiger charge is 2.15. The molecule has 5 heteroatoms. The molecular weight excluding hydrogens is 355 g/mol. The molecule has 0 spiro atoms. The van der Waals surface area contributed by atoms with E-state index in [2.05, 4.69) is 0 Å². The molecule has 0 aliphatic heterocycles. The molecule has 0 unspecified atom stereocenters. The van der Waals surface area contributed by atoms with Crippen LogP contribution < -0.4 is 5.73 Å². The Labute approximate surface area is 155 Å². The highest BCUT2D eigenvalue weighted by molar-refractivity contribution is 6.42. The van der Waals surface area contributed by atoms with Crippen LogP contribution in [0.15, 0.2) is 66.7 Å². The van der Waals surface area contributed by atoms with E-state index in [-0.39, 0.29) is 11.5 Å². The van der Waals surface area contributed by atoms with Gasteiger partial charge in [-0.3, -0.25) is 10.2 Å². The van der Waals surface area contributed by atoms with E-state index in [0.717, 1.165) is 0 Å². The molecule has 0 atom stereocenters. The van der Waals surface area contributed by atoms with Crippen LogP contribution in [0.2, 0.25) is 10.0 Å². The SMILES string of the molecule is N=C(c1ccc(Cl)c(Cl)c1)c1cc(C(=O)c2ccccc2)ccc1N. The first-order valence-electron chi connectivity index (χ1n) is 7.51. The second-order valence-corrected chi connectivity index (χ2v) is 6.32. The van der Waals surface area contributed by atoms with E-state index in [1.54, 1.807) is 48.5 Å². The molecular formula is C20H14Cl2N2O. The molecule has 0 bridgehead atoms. The van der Waals surface area contributed by atoms with Gasteiger partial charge in [0.2, 0.25) is 0 Å². The number of rotatable bonds is 4. The van der Waals surface area contributed by atoms with Crippen LogP contribution in [0.1, 0.15) is 27.0 Å². The van der Waals surface area contributed by atoms with E-state index in [4.69, 9.17) is 34.3 Å². The zero-order valence-corrected chi connectivity index (χ0v) is 14.6. The number of anilines is 1. The van der Waals surface area contributed by atoms with Crippen molar-refractivity contribution in [1.29, 1.82) is 5.41 Å². The van der Waals surface area contributed by atoms with Crippen LogP contribution in [0.3, 0.4) is 0 Å². The standard InChI is InChI=1S/C20H14Cl2N2O/c21-16-8-6-13(11-17(16)22)19(24)15-10-14(7-9-18(15)23)20(25)12-4-2-1-3-5-12/h1-11,24H,23H2. The van der Waals surface area contributed by atoms with Crippen molar-refractivity contribution >= 4 is 40.4 Å². The number of benzene rings is 3. The van der Waals surface area contributed by atoms with Gasteiger partial charge in [0.05, 0.1) is 15.8 Å². The molecule has 0 heterocycles. The summed E-state index contributed by atoms with van der Waals surface area (Å²) in [4.78, 5) is 12.6. The van der Waals surface area contributed by atoms with Crippen molar-refractivity contribution in [3.8, 4) is 0 Å². The second kappa shape index (κ2) is 7.09. The minimum atomic E-state index is -0.121. The smallest absolute Gasteiger partial charge is 0.193 e. The summed E-state index contributed by atoms with van der Waals surface area (Å²) in [6.45, 7) is 0. The predicted octanol–water partition coefficient (Wildman–Crippen LogP) is 5.22. The maximum Gasteiger partial charge on any atom is 0.193 e. The third kappa shape index (κ3) is 3.58. The number of carbonyl (C=O) groups is 1. The lowest BCUT2D eigenvalue weighted by Crippen LogP contribution is -2.09. The number of hydrogen-bond acceptors (Lipinski definition) is 3. The van der Waals surface area contributed by atoms with Crippen LogP contribution in [0.5, 0.6) is 0 Å². The van der Waals surface area contributed by atoms with Crippen molar-refractivity contribution in [2.75, 3.05) is 5.73 Å². The molecule has 3 N–H and O–H groups in total. The first-order valence-corrected chi connectivity index (χ1v) is 8.26. The van der Waals surface area contributed by atoms with E-state index in [9.17, 15) is 4.79 Å². The number of hydrogen-bond donors (Lipinski definition) is 2. The molecule has 3 nitrogen and oxygen atoms in total. The van der Waals surface area contributed by atoms with E-state index < -0.39 is 0 Å². The van der Waals surface area contributed by atoms with E-state index in [0.29, 0.717) is 38.0 Å². The molecule has 124 valence electrons. The van der Waals surface area contributed by atoms with Crippen molar-refractivity contribution in [2.24, 2.45) is 0 Å². The zero-order valence-electron chi connectivity index (χ0n) is 13.1. The third-order valence-corrected chi connectivity index (χ3v) is 4.57. The zero-order chi connectivity index (χ0) is 18.0. The van der Waals surface area contributed by atoms with E-state index in [1.165, 1.54) is 0 Å². The molecule has 0 aliphatic rings. The molecule has 3 rings (SSSR count).